The third-order valence-electron chi connectivity index (χ3n) is 4.90. The van der Waals surface area contributed by atoms with Crippen LogP contribution in [-0.2, 0) is 21.1 Å². The Morgan fingerprint density at radius 3 is 2.31 bits per heavy atom. The number of carbonyl (C=O) groups is 1. The van der Waals surface area contributed by atoms with E-state index in [-0.39, 0.29) is 23.8 Å². The third-order valence-corrected chi connectivity index (χ3v) is 7.02. The van der Waals surface area contributed by atoms with Gasteiger partial charge in [-0.2, -0.15) is 0 Å². The number of hydrogen-bond donors (Lipinski definition) is 1. The van der Waals surface area contributed by atoms with Crippen molar-refractivity contribution in [2.75, 3.05) is 20.3 Å². The fourth-order valence-electron chi connectivity index (χ4n) is 3.23. The van der Waals surface area contributed by atoms with Crippen LogP contribution in [0.2, 0.25) is 0 Å². The summed E-state index contributed by atoms with van der Waals surface area (Å²) in [4.78, 5) is 16.7. The Labute approximate surface area is 188 Å². The molecule has 0 spiro atoms. The SMILES string of the molecule is CCOc1ccc(CC(=O)NCC(c2cccnc2)S(=O)(=O)c2ccc(OC)cc2)cc1. The Balaban J connectivity index is 1.75. The molecule has 0 bridgehead atoms. The molecule has 0 saturated heterocycles. The number of methoxy groups -OCH3 is 1. The predicted octanol–water partition coefficient (Wildman–Crippen LogP) is 3.36. The van der Waals surface area contributed by atoms with Crippen molar-refractivity contribution < 1.29 is 22.7 Å². The van der Waals surface area contributed by atoms with Gasteiger partial charge in [0.25, 0.3) is 0 Å². The molecule has 32 heavy (non-hydrogen) atoms. The average molecular weight is 455 g/mol. The molecule has 0 aliphatic carbocycles. The maximum absolute atomic E-state index is 13.4. The number of rotatable bonds is 10. The first-order chi connectivity index (χ1) is 15.4. The molecule has 1 unspecified atom stereocenters. The summed E-state index contributed by atoms with van der Waals surface area (Å²) in [7, 11) is -2.27. The summed E-state index contributed by atoms with van der Waals surface area (Å²) in [6.07, 6.45) is 3.21. The molecule has 8 heteroatoms. The molecule has 0 aliphatic heterocycles. The van der Waals surface area contributed by atoms with Crippen LogP contribution in [0, 0.1) is 0 Å². The molecule has 0 radical (unpaired) electrons. The molecule has 1 N–H and O–H groups in total. The molecule has 7 nitrogen and oxygen atoms in total. The molecule has 1 heterocycles. The van der Waals surface area contributed by atoms with Crippen molar-refractivity contribution in [1.82, 2.24) is 10.3 Å². The lowest BCUT2D eigenvalue weighted by atomic mass is 10.1. The lowest BCUT2D eigenvalue weighted by molar-refractivity contribution is -0.120. The van der Waals surface area contributed by atoms with Gasteiger partial charge in [0.15, 0.2) is 9.84 Å². The highest BCUT2D eigenvalue weighted by Gasteiger charge is 2.30. The fraction of sp³-hybridized carbons (Fsp3) is 0.250. The monoisotopic (exact) mass is 454 g/mol. The molecular weight excluding hydrogens is 428 g/mol. The van der Waals surface area contributed by atoms with Gasteiger partial charge in [-0.05, 0) is 60.5 Å². The number of pyridine rings is 1. The molecule has 2 aromatic carbocycles. The number of carbonyl (C=O) groups excluding carboxylic acids is 1. The van der Waals surface area contributed by atoms with Crippen molar-refractivity contribution in [3.8, 4) is 11.5 Å². The van der Waals surface area contributed by atoms with Crippen LogP contribution >= 0.6 is 0 Å². The number of sulfone groups is 1. The predicted molar refractivity (Wildman–Crippen MR) is 121 cm³/mol. The van der Waals surface area contributed by atoms with Gasteiger partial charge in [0.1, 0.15) is 16.7 Å². The topological polar surface area (TPSA) is 94.6 Å². The molecule has 1 atom stereocenters. The van der Waals surface area contributed by atoms with Crippen LogP contribution in [0.1, 0.15) is 23.3 Å². The van der Waals surface area contributed by atoms with Crippen LogP contribution in [-0.4, -0.2) is 39.6 Å². The fourth-order valence-corrected chi connectivity index (χ4v) is 4.87. The summed E-state index contributed by atoms with van der Waals surface area (Å²) in [5.74, 6) is 1.03. The van der Waals surface area contributed by atoms with E-state index in [0.29, 0.717) is 17.9 Å². The van der Waals surface area contributed by atoms with E-state index in [0.717, 1.165) is 11.3 Å². The molecule has 0 fully saturated rings. The number of hydrogen-bond acceptors (Lipinski definition) is 6. The maximum atomic E-state index is 13.4. The minimum atomic E-state index is -3.79. The molecule has 0 aliphatic rings. The summed E-state index contributed by atoms with van der Waals surface area (Å²) in [6.45, 7) is 2.40. The molecule has 168 valence electrons. The van der Waals surface area contributed by atoms with Crippen molar-refractivity contribution >= 4 is 15.7 Å². The Bertz CT molecular complexity index is 1120. The quantitative estimate of drug-likeness (QED) is 0.505. The summed E-state index contributed by atoms with van der Waals surface area (Å²) in [6, 6.07) is 16.8. The van der Waals surface area contributed by atoms with Gasteiger partial charge in [-0.25, -0.2) is 8.42 Å². The lowest BCUT2D eigenvalue weighted by Gasteiger charge is -2.19. The first kappa shape index (κ1) is 23.3. The van der Waals surface area contributed by atoms with E-state index < -0.39 is 15.1 Å². The first-order valence-electron chi connectivity index (χ1n) is 10.2. The van der Waals surface area contributed by atoms with Gasteiger partial charge in [0.05, 0.1) is 25.0 Å². The van der Waals surface area contributed by atoms with Gasteiger partial charge in [0.2, 0.25) is 5.91 Å². The lowest BCUT2D eigenvalue weighted by Crippen LogP contribution is -2.33. The summed E-state index contributed by atoms with van der Waals surface area (Å²) >= 11 is 0. The van der Waals surface area contributed by atoms with Crippen LogP contribution in [0.5, 0.6) is 11.5 Å². The zero-order valence-electron chi connectivity index (χ0n) is 18.0. The van der Waals surface area contributed by atoms with Gasteiger partial charge in [0, 0.05) is 18.9 Å². The van der Waals surface area contributed by atoms with Gasteiger partial charge in [-0.1, -0.05) is 18.2 Å². The van der Waals surface area contributed by atoms with Crippen molar-refractivity contribution in [3.05, 3.63) is 84.2 Å². The van der Waals surface area contributed by atoms with Gasteiger partial charge in [-0.3, -0.25) is 9.78 Å². The van der Waals surface area contributed by atoms with Gasteiger partial charge < -0.3 is 14.8 Å². The second-order valence-corrected chi connectivity index (χ2v) is 9.18. The number of nitrogens with one attached hydrogen (secondary N) is 1. The zero-order chi connectivity index (χ0) is 23.0. The van der Waals surface area contributed by atoms with E-state index >= 15 is 0 Å². The molecule has 3 rings (SSSR count). The number of nitrogens with zero attached hydrogens (tertiary/aromatic N) is 1. The van der Waals surface area contributed by atoms with Gasteiger partial charge >= 0.3 is 0 Å². The number of benzene rings is 2. The van der Waals surface area contributed by atoms with Crippen molar-refractivity contribution in [2.45, 2.75) is 23.5 Å². The van der Waals surface area contributed by atoms with Crippen LogP contribution in [0.15, 0.2) is 78.0 Å². The minimum Gasteiger partial charge on any atom is -0.497 e. The minimum absolute atomic E-state index is 0.0735. The highest BCUT2D eigenvalue weighted by molar-refractivity contribution is 7.91. The Morgan fingerprint density at radius 2 is 1.72 bits per heavy atom. The first-order valence-corrected chi connectivity index (χ1v) is 11.7. The van der Waals surface area contributed by atoms with Crippen LogP contribution in [0.25, 0.3) is 0 Å². The van der Waals surface area contributed by atoms with Crippen molar-refractivity contribution in [3.63, 3.8) is 0 Å². The normalized spacial score (nSPS) is 12.1. The highest BCUT2D eigenvalue weighted by atomic mass is 32.2. The van der Waals surface area contributed by atoms with Crippen LogP contribution in [0.3, 0.4) is 0 Å². The van der Waals surface area contributed by atoms with Gasteiger partial charge in [-0.15, -0.1) is 0 Å². The van der Waals surface area contributed by atoms with E-state index in [1.54, 1.807) is 42.6 Å². The molecule has 0 saturated carbocycles. The van der Waals surface area contributed by atoms with Crippen molar-refractivity contribution in [2.24, 2.45) is 0 Å². The number of ether oxygens (including phenoxy) is 2. The summed E-state index contributed by atoms with van der Waals surface area (Å²) in [5.41, 5.74) is 1.31. The van der Waals surface area contributed by atoms with Crippen LogP contribution < -0.4 is 14.8 Å². The number of aromatic nitrogens is 1. The highest BCUT2D eigenvalue weighted by Crippen LogP contribution is 2.29. The van der Waals surface area contributed by atoms with E-state index in [1.165, 1.54) is 25.4 Å². The summed E-state index contributed by atoms with van der Waals surface area (Å²) in [5, 5.41) is 1.79. The zero-order valence-corrected chi connectivity index (χ0v) is 18.8. The Hall–Kier alpha value is -3.39. The molecule has 3 aromatic rings. The van der Waals surface area contributed by atoms with E-state index in [2.05, 4.69) is 10.3 Å². The molecule has 1 amide bonds. The molecule has 1 aromatic heterocycles. The second-order valence-electron chi connectivity index (χ2n) is 7.05. The second kappa shape index (κ2) is 10.8. The molecular formula is C24H26N2O5S. The van der Waals surface area contributed by atoms with Crippen LogP contribution in [0.4, 0.5) is 0 Å². The van der Waals surface area contributed by atoms with E-state index in [4.69, 9.17) is 9.47 Å². The average Bonchev–Trinajstić information content (AvgIpc) is 2.81. The third kappa shape index (κ3) is 5.85. The largest absolute Gasteiger partial charge is 0.497 e. The Morgan fingerprint density at radius 1 is 1.03 bits per heavy atom. The Kier molecular flexibility index (Phi) is 7.83. The van der Waals surface area contributed by atoms with Crippen molar-refractivity contribution in [1.29, 1.82) is 0 Å². The smallest absolute Gasteiger partial charge is 0.224 e. The number of amides is 1. The van der Waals surface area contributed by atoms with E-state index in [9.17, 15) is 13.2 Å². The van der Waals surface area contributed by atoms with E-state index in [1.807, 2.05) is 19.1 Å². The standard InChI is InChI=1S/C24H26N2O5S/c1-3-31-21-8-6-18(7-9-21)15-24(27)26-17-23(19-5-4-14-25-16-19)32(28,29)22-12-10-20(30-2)11-13-22/h4-14,16,23H,3,15,17H2,1-2H3,(H,26,27). The maximum Gasteiger partial charge on any atom is 0.224 e. The summed E-state index contributed by atoms with van der Waals surface area (Å²) < 4.78 is 37.3.